The quantitative estimate of drug-likeness (QED) is 0.729. The summed E-state index contributed by atoms with van der Waals surface area (Å²) in [6.07, 6.45) is 1.98. The lowest BCUT2D eigenvalue weighted by molar-refractivity contribution is 0.0487. The predicted octanol–water partition coefficient (Wildman–Crippen LogP) is 1.20. The van der Waals surface area contributed by atoms with Crippen LogP contribution in [0.1, 0.15) is 17.5 Å². The zero-order valence-electron chi connectivity index (χ0n) is 7.65. The van der Waals surface area contributed by atoms with Gasteiger partial charge in [-0.05, 0) is 6.42 Å². The molecule has 1 heterocycles. The highest BCUT2D eigenvalue weighted by Gasteiger charge is 2.13. The molecule has 4 nitrogen and oxygen atoms in total. The molecule has 80 valence electrons. The van der Waals surface area contributed by atoms with E-state index in [-0.39, 0.29) is 12.7 Å². The van der Waals surface area contributed by atoms with Crippen molar-refractivity contribution in [2.24, 2.45) is 5.73 Å². The summed E-state index contributed by atoms with van der Waals surface area (Å²) in [7, 11) is 0. The highest BCUT2D eigenvalue weighted by Crippen LogP contribution is 2.25. The number of hydrogen-bond donors (Lipinski definition) is 2. The van der Waals surface area contributed by atoms with Crippen LogP contribution >= 0.6 is 22.9 Å². The normalized spacial score (nSPS) is 13.1. The van der Waals surface area contributed by atoms with Crippen molar-refractivity contribution in [1.82, 2.24) is 4.98 Å². The molecule has 0 spiro atoms. The van der Waals surface area contributed by atoms with Crippen molar-refractivity contribution in [2.75, 3.05) is 19.8 Å². The van der Waals surface area contributed by atoms with Crippen LogP contribution in [0, 0.1) is 0 Å². The molecule has 0 amide bonds. The van der Waals surface area contributed by atoms with Crippen LogP contribution in [0.3, 0.4) is 0 Å². The topological polar surface area (TPSA) is 68.4 Å². The maximum atomic E-state index is 8.58. The molecule has 0 radical (unpaired) electrons. The van der Waals surface area contributed by atoms with E-state index in [2.05, 4.69) is 4.98 Å². The van der Waals surface area contributed by atoms with Crippen LogP contribution in [-0.2, 0) is 4.74 Å². The number of hydrogen-bond acceptors (Lipinski definition) is 5. The second kappa shape index (κ2) is 6.31. The van der Waals surface area contributed by atoms with Gasteiger partial charge in [0.1, 0.15) is 15.4 Å². The molecule has 0 saturated carbocycles. The van der Waals surface area contributed by atoms with Crippen LogP contribution in [0.2, 0.25) is 4.34 Å². The predicted molar refractivity (Wildman–Crippen MR) is 56.6 cm³/mol. The maximum Gasteiger partial charge on any atom is 0.124 e. The Balaban J connectivity index is 2.45. The second-order valence-corrected chi connectivity index (χ2v) is 4.37. The van der Waals surface area contributed by atoms with E-state index in [1.807, 2.05) is 0 Å². The Kier molecular flexibility index (Phi) is 5.36. The van der Waals surface area contributed by atoms with Crippen molar-refractivity contribution >= 4 is 22.9 Å². The molecule has 0 aliphatic rings. The first-order valence-electron chi connectivity index (χ1n) is 4.31. The van der Waals surface area contributed by atoms with Crippen molar-refractivity contribution in [3.05, 3.63) is 15.5 Å². The molecule has 0 aromatic carbocycles. The minimum atomic E-state index is -0.209. The van der Waals surface area contributed by atoms with Crippen LogP contribution in [0.4, 0.5) is 0 Å². The number of nitrogens with two attached hydrogens (primary N) is 1. The van der Waals surface area contributed by atoms with E-state index in [0.717, 1.165) is 5.01 Å². The zero-order chi connectivity index (χ0) is 10.4. The molecule has 0 aliphatic carbocycles. The zero-order valence-corrected chi connectivity index (χ0v) is 9.22. The molecule has 14 heavy (non-hydrogen) atoms. The fraction of sp³-hybridized carbons (Fsp3) is 0.625. The summed E-state index contributed by atoms with van der Waals surface area (Å²) in [4.78, 5) is 4.08. The lowest BCUT2D eigenvalue weighted by Crippen LogP contribution is -2.16. The summed E-state index contributed by atoms with van der Waals surface area (Å²) >= 11 is 7.11. The van der Waals surface area contributed by atoms with E-state index < -0.39 is 0 Å². The standard InChI is InChI=1S/C8H13ClN2O2S/c9-7-5-11-8(14-7)6(4-10)13-3-1-2-12/h5-6,12H,1-4,10H2. The van der Waals surface area contributed by atoms with Crippen molar-refractivity contribution in [2.45, 2.75) is 12.5 Å². The molecule has 1 atom stereocenters. The van der Waals surface area contributed by atoms with Gasteiger partial charge in [0.2, 0.25) is 0 Å². The lowest BCUT2D eigenvalue weighted by Gasteiger charge is -2.12. The fourth-order valence-electron chi connectivity index (χ4n) is 0.946. The third kappa shape index (κ3) is 3.51. The van der Waals surface area contributed by atoms with Gasteiger partial charge >= 0.3 is 0 Å². The highest BCUT2D eigenvalue weighted by atomic mass is 35.5. The molecule has 1 aromatic heterocycles. The summed E-state index contributed by atoms with van der Waals surface area (Å²) in [6, 6.07) is 0. The molecule has 0 aliphatic heterocycles. The van der Waals surface area contributed by atoms with Gasteiger partial charge in [-0.3, -0.25) is 0 Å². The van der Waals surface area contributed by atoms with Gasteiger partial charge in [-0.1, -0.05) is 11.6 Å². The number of halogens is 1. The summed E-state index contributed by atoms with van der Waals surface area (Å²) in [5, 5.41) is 9.37. The van der Waals surface area contributed by atoms with Crippen LogP contribution in [0.15, 0.2) is 6.20 Å². The smallest absolute Gasteiger partial charge is 0.124 e. The molecule has 0 fully saturated rings. The van der Waals surface area contributed by atoms with E-state index in [0.29, 0.717) is 23.9 Å². The van der Waals surface area contributed by atoms with E-state index >= 15 is 0 Å². The monoisotopic (exact) mass is 236 g/mol. The Hall–Kier alpha value is -0.200. The van der Waals surface area contributed by atoms with E-state index in [9.17, 15) is 0 Å². The lowest BCUT2D eigenvalue weighted by atomic mass is 10.3. The van der Waals surface area contributed by atoms with Crippen molar-refractivity contribution in [1.29, 1.82) is 0 Å². The molecular formula is C8H13ClN2O2S. The molecule has 3 N–H and O–H groups in total. The van der Waals surface area contributed by atoms with Crippen molar-refractivity contribution in [3.8, 4) is 0 Å². The largest absolute Gasteiger partial charge is 0.396 e. The molecule has 0 saturated heterocycles. The van der Waals surface area contributed by atoms with Gasteiger partial charge in [0, 0.05) is 19.8 Å². The van der Waals surface area contributed by atoms with Crippen LogP contribution in [0.25, 0.3) is 0 Å². The van der Waals surface area contributed by atoms with E-state index in [1.54, 1.807) is 6.20 Å². The highest BCUT2D eigenvalue weighted by molar-refractivity contribution is 7.15. The first-order chi connectivity index (χ1) is 6.77. The average molecular weight is 237 g/mol. The minimum Gasteiger partial charge on any atom is -0.396 e. The first-order valence-corrected chi connectivity index (χ1v) is 5.51. The van der Waals surface area contributed by atoms with Crippen LogP contribution < -0.4 is 5.73 Å². The maximum absolute atomic E-state index is 8.58. The molecule has 0 bridgehead atoms. The van der Waals surface area contributed by atoms with Crippen LogP contribution in [-0.4, -0.2) is 29.8 Å². The summed E-state index contributed by atoms with van der Waals surface area (Å²) in [5.41, 5.74) is 5.53. The number of thiazole rings is 1. The fourth-order valence-corrected chi connectivity index (χ4v) is 1.94. The SMILES string of the molecule is NCC(OCCCO)c1ncc(Cl)s1. The summed E-state index contributed by atoms with van der Waals surface area (Å²) in [5.74, 6) is 0. The second-order valence-electron chi connectivity index (χ2n) is 2.67. The Bertz CT molecular complexity index is 270. The molecule has 1 rings (SSSR count). The van der Waals surface area contributed by atoms with Gasteiger partial charge in [-0.2, -0.15) is 0 Å². The number of rotatable bonds is 6. The van der Waals surface area contributed by atoms with Crippen molar-refractivity contribution in [3.63, 3.8) is 0 Å². The van der Waals surface area contributed by atoms with Gasteiger partial charge in [-0.15, -0.1) is 11.3 Å². The number of nitrogens with zero attached hydrogens (tertiary/aromatic N) is 1. The Labute approximate surface area is 91.7 Å². The van der Waals surface area contributed by atoms with E-state index in [4.69, 9.17) is 27.2 Å². The molecule has 1 unspecified atom stereocenters. The third-order valence-electron chi connectivity index (χ3n) is 1.61. The van der Waals surface area contributed by atoms with Gasteiger partial charge in [0.25, 0.3) is 0 Å². The summed E-state index contributed by atoms with van der Waals surface area (Å²) < 4.78 is 6.06. The minimum absolute atomic E-state index is 0.121. The third-order valence-corrected chi connectivity index (χ3v) is 2.81. The molecular weight excluding hydrogens is 224 g/mol. The first kappa shape index (κ1) is 11.9. The number of aliphatic hydroxyl groups is 1. The molecule has 6 heteroatoms. The van der Waals surface area contributed by atoms with Gasteiger partial charge < -0.3 is 15.6 Å². The van der Waals surface area contributed by atoms with Gasteiger partial charge in [-0.25, -0.2) is 4.98 Å². The summed E-state index contributed by atoms with van der Waals surface area (Å²) in [6.45, 7) is 0.973. The Morgan fingerprint density at radius 2 is 2.50 bits per heavy atom. The van der Waals surface area contributed by atoms with Gasteiger partial charge in [0.05, 0.1) is 6.20 Å². The van der Waals surface area contributed by atoms with Crippen molar-refractivity contribution < 1.29 is 9.84 Å². The van der Waals surface area contributed by atoms with Gasteiger partial charge in [0.15, 0.2) is 0 Å². The molecule has 1 aromatic rings. The number of aromatic nitrogens is 1. The Morgan fingerprint density at radius 3 is 3.00 bits per heavy atom. The average Bonchev–Trinajstić information content (AvgIpc) is 2.60. The number of ether oxygens (including phenoxy) is 1. The van der Waals surface area contributed by atoms with Crippen LogP contribution in [0.5, 0.6) is 0 Å². The number of aliphatic hydroxyl groups excluding tert-OH is 1. The van der Waals surface area contributed by atoms with E-state index in [1.165, 1.54) is 11.3 Å². The Morgan fingerprint density at radius 1 is 1.71 bits per heavy atom.